The summed E-state index contributed by atoms with van der Waals surface area (Å²) in [5.41, 5.74) is 1.19. The highest BCUT2D eigenvalue weighted by Crippen LogP contribution is 2.29. The zero-order valence-electron chi connectivity index (χ0n) is 12.2. The quantitative estimate of drug-likeness (QED) is 0.903. The minimum Gasteiger partial charge on any atom is -0.504 e. The maximum atomic E-state index is 9.61. The Bertz CT molecular complexity index is 411. The van der Waals surface area contributed by atoms with Crippen molar-refractivity contribution in [2.24, 2.45) is 5.92 Å². The summed E-state index contributed by atoms with van der Waals surface area (Å²) in [6, 6.07) is 6.30. The van der Waals surface area contributed by atoms with E-state index < -0.39 is 0 Å². The van der Waals surface area contributed by atoms with Gasteiger partial charge in [0.05, 0.1) is 7.11 Å². The monoisotopic (exact) mass is 263 g/mol. The fourth-order valence-corrected chi connectivity index (χ4v) is 2.92. The third kappa shape index (κ3) is 3.63. The van der Waals surface area contributed by atoms with E-state index in [0.29, 0.717) is 11.8 Å². The van der Waals surface area contributed by atoms with Crippen molar-refractivity contribution >= 4 is 0 Å². The number of phenolic OH excluding ortho intramolecular Hbond substituents is 1. The molecule has 1 fully saturated rings. The van der Waals surface area contributed by atoms with Crippen LogP contribution in [-0.4, -0.2) is 30.2 Å². The van der Waals surface area contributed by atoms with Crippen molar-refractivity contribution in [3.63, 3.8) is 0 Å². The van der Waals surface area contributed by atoms with E-state index in [0.717, 1.165) is 12.5 Å². The van der Waals surface area contributed by atoms with Crippen LogP contribution in [0.5, 0.6) is 11.5 Å². The highest BCUT2D eigenvalue weighted by molar-refractivity contribution is 5.41. The van der Waals surface area contributed by atoms with E-state index in [4.69, 9.17) is 4.74 Å². The molecule has 0 aromatic heterocycles. The molecule has 2 rings (SSSR count). The fourth-order valence-electron chi connectivity index (χ4n) is 2.92. The molecule has 1 aliphatic rings. The van der Waals surface area contributed by atoms with Crippen LogP contribution in [0.4, 0.5) is 0 Å². The van der Waals surface area contributed by atoms with Gasteiger partial charge < -0.3 is 9.84 Å². The maximum Gasteiger partial charge on any atom is 0.160 e. The van der Waals surface area contributed by atoms with Gasteiger partial charge in [0.15, 0.2) is 11.5 Å². The minimum atomic E-state index is 0.209. The van der Waals surface area contributed by atoms with Gasteiger partial charge in [-0.25, -0.2) is 0 Å². The molecule has 3 nitrogen and oxygen atoms in total. The van der Waals surface area contributed by atoms with Gasteiger partial charge in [-0.15, -0.1) is 0 Å². The SMILES string of the molecule is COc1cc(CN(C)C2CCC(C)CC2)ccc1O. The van der Waals surface area contributed by atoms with Crippen LogP contribution in [0.15, 0.2) is 18.2 Å². The lowest BCUT2D eigenvalue weighted by atomic mass is 9.86. The fraction of sp³-hybridized carbons (Fsp3) is 0.625. The molecule has 19 heavy (non-hydrogen) atoms. The molecule has 1 aromatic carbocycles. The number of phenols is 1. The first-order valence-corrected chi connectivity index (χ1v) is 7.16. The van der Waals surface area contributed by atoms with Crippen molar-refractivity contribution in [2.45, 2.75) is 45.2 Å². The summed E-state index contributed by atoms with van der Waals surface area (Å²) in [6.45, 7) is 3.26. The molecular weight excluding hydrogens is 238 g/mol. The molecule has 1 N–H and O–H groups in total. The first kappa shape index (κ1) is 14.2. The van der Waals surface area contributed by atoms with E-state index in [-0.39, 0.29) is 5.75 Å². The van der Waals surface area contributed by atoms with Crippen LogP contribution in [0.25, 0.3) is 0 Å². The number of hydrogen-bond donors (Lipinski definition) is 1. The molecule has 3 heteroatoms. The predicted molar refractivity (Wildman–Crippen MR) is 77.5 cm³/mol. The van der Waals surface area contributed by atoms with Crippen molar-refractivity contribution in [1.29, 1.82) is 0 Å². The Kier molecular flexibility index (Phi) is 4.70. The number of ether oxygens (including phenoxy) is 1. The summed E-state index contributed by atoms with van der Waals surface area (Å²) in [5.74, 6) is 1.65. The summed E-state index contributed by atoms with van der Waals surface area (Å²) in [5, 5.41) is 9.61. The Balaban J connectivity index is 1.96. The molecule has 0 amide bonds. The zero-order chi connectivity index (χ0) is 13.8. The second kappa shape index (κ2) is 6.29. The van der Waals surface area contributed by atoms with Crippen molar-refractivity contribution in [2.75, 3.05) is 14.2 Å². The molecular formula is C16H25NO2. The minimum absolute atomic E-state index is 0.209. The third-order valence-electron chi connectivity index (χ3n) is 4.28. The first-order valence-electron chi connectivity index (χ1n) is 7.16. The van der Waals surface area contributed by atoms with Crippen LogP contribution < -0.4 is 4.74 Å². The number of methoxy groups -OCH3 is 1. The normalized spacial score (nSPS) is 23.6. The van der Waals surface area contributed by atoms with Gasteiger partial charge in [0.1, 0.15) is 0 Å². The second-order valence-corrected chi connectivity index (χ2v) is 5.84. The molecule has 0 heterocycles. The van der Waals surface area contributed by atoms with E-state index in [2.05, 4.69) is 18.9 Å². The highest BCUT2D eigenvalue weighted by Gasteiger charge is 2.21. The zero-order valence-corrected chi connectivity index (χ0v) is 12.2. The van der Waals surface area contributed by atoms with E-state index >= 15 is 0 Å². The van der Waals surface area contributed by atoms with Gasteiger partial charge in [-0.3, -0.25) is 4.90 Å². The van der Waals surface area contributed by atoms with Crippen LogP contribution in [0.3, 0.4) is 0 Å². The highest BCUT2D eigenvalue weighted by atomic mass is 16.5. The average Bonchev–Trinajstić information content (AvgIpc) is 2.41. The number of hydrogen-bond acceptors (Lipinski definition) is 3. The number of rotatable bonds is 4. The molecule has 0 radical (unpaired) electrons. The number of benzene rings is 1. The standard InChI is InChI=1S/C16H25NO2/c1-12-4-7-14(8-5-12)17(2)11-13-6-9-15(18)16(10-13)19-3/h6,9-10,12,14,18H,4-5,7-8,11H2,1-3H3. The molecule has 0 saturated heterocycles. The van der Waals surface area contributed by atoms with Gasteiger partial charge in [0.25, 0.3) is 0 Å². The summed E-state index contributed by atoms with van der Waals surface area (Å²) in [7, 11) is 3.78. The van der Waals surface area contributed by atoms with Crippen molar-refractivity contribution in [3.8, 4) is 11.5 Å². The van der Waals surface area contributed by atoms with Crippen molar-refractivity contribution < 1.29 is 9.84 Å². The van der Waals surface area contributed by atoms with Gasteiger partial charge in [0, 0.05) is 12.6 Å². The lowest BCUT2D eigenvalue weighted by Gasteiger charge is -2.33. The van der Waals surface area contributed by atoms with Gasteiger partial charge in [-0.05, 0) is 56.3 Å². The Morgan fingerprint density at radius 1 is 1.26 bits per heavy atom. The molecule has 1 aliphatic carbocycles. The Hall–Kier alpha value is -1.22. The summed E-state index contributed by atoms with van der Waals surface area (Å²) >= 11 is 0. The van der Waals surface area contributed by atoms with Gasteiger partial charge in [-0.2, -0.15) is 0 Å². The smallest absolute Gasteiger partial charge is 0.160 e. The Morgan fingerprint density at radius 2 is 1.95 bits per heavy atom. The predicted octanol–water partition coefficient (Wildman–Crippen LogP) is 3.41. The second-order valence-electron chi connectivity index (χ2n) is 5.84. The lowest BCUT2D eigenvalue weighted by molar-refractivity contribution is 0.164. The van der Waals surface area contributed by atoms with Gasteiger partial charge >= 0.3 is 0 Å². The lowest BCUT2D eigenvalue weighted by Crippen LogP contribution is -2.34. The van der Waals surface area contributed by atoms with Crippen LogP contribution in [-0.2, 0) is 6.54 Å². The van der Waals surface area contributed by atoms with Crippen molar-refractivity contribution in [3.05, 3.63) is 23.8 Å². The Labute approximate surface area is 116 Å². The molecule has 0 atom stereocenters. The molecule has 106 valence electrons. The molecule has 1 saturated carbocycles. The number of aromatic hydroxyl groups is 1. The van der Waals surface area contributed by atoms with Crippen molar-refractivity contribution in [1.82, 2.24) is 4.90 Å². The van der Waals surface area contributed by atoms with Crippen LogP contribution >= 0.6 is 0 Å². The molecule has 1 aromatic rings. The van der Waals surface area contributed by atoms with Crippen LogP contribution in [0, 0.1) is 5.92 Å². The molecule has 0 spiro atoms. The van der Waals surface area contributed by atoms with Gasteiger partial charge in [0.2, 0.25) is 0 Å². The molecule has 0 bridgehead atoms. The van der Waals surface area contributed by atoms with Crippen LogP contribution in [0.2, 0.25) is 0 Å². The third-order valence-corrected chi connectivity index (χ3v) is 4.28. The average molecular weight is 263 g/mol. The topological polar surface area (TPSA) is 32.7 Å². The largest absolute Gasteiger partial charge is 0.504 e. The van der Waals surface area contributed by atoms with E-state index in [1.54, 1.807) is 13.2 Å². The molecule has 0 aliphatic heterocycles. The first-order chi connectivity index (χ1) is 9.10. The van der Waals surface area contributed by atoms with Crippen LogP contribution in [0.1, 0.15) is 38.2 Å². The van der Waals surface area contributed by atoms with E-state index in [9.17, 15) is 5.11 Å². The van der Waals surface area contributed by atoms with Gasteiger partial charge in [-0.1, -0.05) is 13.0 Å². The summed E-state index contributed by atoms with van der Waals surface area (Å²) < 4.78 is 5.16. The maximum absolute atomic E-state index is 9.61. The van der Waals surface area contributed by atoms with E-state index in [1.807, 2.05) is 12.1 Å². The number of nitrogens with zero attached hydrogens (tertiary/aromatic N) is 1. The Morgan fingerprint density at radius 3 is 2.58 bits per heavy atom. The van der Waals surface area contributed by atoms with E-state index in [1.165, 1.54) is 31.2 Å². The summed E-state index contributed by atoms with van der Waals surface area (Å²) in [6.07, 6.45) is 5.28. The summed E-state index contributed by atoms with van der Waals surface area (Å²) in [4.78, 5) is 2.43. The molecule has 0 unspecified atom stereocenters.